The van der Waals surface area contributed by atoms with Crippen molar-refractivity contribution in [3.8, 4) is 28.4 Å². The number of fused-ring (bicyclic) bond motifs is 1. The van der Waals surface area contributed by atoms with Gasteiger partial charge in [0.25, 0.3) is 5.91 Å². The molecule has 0 fully saturated rings. The summed E-state index contributed by atoms with van der Waals surface area (Å²) in [6.07, 6.45) is 1.73. The number of benzene rings is 3. The van der Waals surface area contributed by atoms with Gasteiger partial charge in [0.15, 0.2) is 11.5 Å². The highest BCUT2D eigenvalue weighted by Gasteiger charge is 2.21. The smallest absolute Gasteiger partial charge is 0.259 e. The lowest BCUT2D eigenvalue weighted by molar-refractivity contribution is 0.102. The molecule has 32 heavy (non-hydrogen) atoms. The molecule has 5 rings (SSSR count). The Morgan fingerprint density at radius 2 is 1.75 bits per heavy atom. The van der Waals surface area contributed by atoms with Crippen LogP contribution in [0.15, 0.2) is 72.9 Å². The van der Waals surface area contributed by atoms with Crippen LogP contribution in [0.25, 0.3) is 16.9 Å². The number of nitrogens with zero attached hydrogens (tertiary/aromatic N) is 2. The van der Waals surface area contributed by atoms with Gasteiger partial charge >= 0.3 is 0 Å². The zero-order valence-electron chi connectivity index (χ0n) is 17.3. The Morgan fingerprint density at radius 3 is 2.50 bits per heavy atom. The lowest BCUT2D eigenvalue weighted by Crippen LogP contribution is -2.17. The van der Waals surface area contributed by atoms with Gasteiger partial charge in [-0.3, -0.25) is 4.79 Å². The van der Waals surface area contributed by atoms with Gasteiger partial charge < -0.3 is 14.8 Å². The van der Waals surface area contributed by atoms with Crippen molar-refractivity contribution >= 4 is 23.2 Å². The highest BCUT2D eigenvalue weighted by Crippen LogP contribution is 2.38. The van der Waals surface area contributed by atoms with E-state index in [2.05, 4.69) is 5.32 Å². The van der Waals surface area contributed by atoms with Gasteiger partial charge in [-0.25, -0.2) is 4.68 Å². The molecule has 0 radical (unpaired) electrons. The van der Waals surface area contributed by atoms with Gasteiger partial charge in [-0.15, -0.1) is 0 Å². The average molecular weight is 446 g/mol. The number of ether oxygens (including phenoxy) is 2. The van der Waals surface area contributed by atoms with Crippen molar-refractivity contribution in [2.45, 2.75) is 6.92 Å². The third kappa shape index (κ3) is 3.92. The van der Waals surface area contributed by atoms with Gasteiger partial charge in [-0.1, -0.05) is 53.6 Å². The number of aromatic nitrogens is 2. The van der Waals surface area contributed by atoms with E-state index >= 15 is 0 Å². The fourth-order valence-corrected chi connectivity index (χ4v) is 3.81. The largest absolute Gasteiger partial charge is 0.486 e. The van der Waals surface area contributed by atoms with Crippen molar-refractivity contribution < 1.29 is 14.3 Å². The molecule has 1 aliphatic rings. The number of para-hydroxylation sites is 1. The molecule has 1 aromatic heterocycles. The lowest BCUT2D eigenvalue weighted by atomic mass is 10.1. The Morgan fingerprint density at radius 1 is 1.00 bits per heavy atom. The minimum atomic E-state index is -0.317. The molecular formula is C25H20ClN3O3. The van der Waals surface area contributed by atoms with E-state index in [9.17, 15) is 4.79 Å². The first kappa shape index (κ1) is 20.2. The normalized spacial score (nSPS) is 12.4. The van der Waals surface area contributed by atoms with Crippen molar-refractivity contribution in [3.63, 3.8) is 0 Å². The monoisotopic (exact) mass is 445 g/mol. The van der Waals surface area contributed by atoms with Gasteiger partial charge in [-0.05, 0) is 25.1 Å². The molecule has 3 aromatic carbocycles. The first-order valence-electron chi connectivity index (χ1n) is 10.2. The highest BCUT2D eigenvalue weighted by atomic mass is 35.5. The van der Waals surface area contributed by atoms with Crippen LogP contribution in [0.4, 0.5) is 5.69 Å². The molecule has 0 spiro atoms. The van der Waals surface area contributed by atoms with Crippen LogP contribution in [0.2, 0.25) is 5.02 Å². The fourth-order valence-electron chi connectivity index (χ4n) is 3.61. The van der Waals surface area contributed by atoms with E-state index in [-0.39, 0.29) is 5.91 Å². The summed E-state index contributed by atoms with van der Waals surface area (Å²) in [5, 5.41) is 8.00. The summed E-state index contributed by atoms with van der Waals surface area (Å²) in [6.45, 7) is 2.92. The van der Waals surface area contributed by atoms with Crippen LogP contribution in [0.5, 0.6) is 11.5 Å². The van der Waals surface area contributed by atoms with Crippen molar-refractivity contribution in [1.82, 2.24) is 9.78 Å². The maximum atomic E-state index is 13.4. The van der Waals surface area contributed by atoms with Crippen LogP contribution in [-0.2, 0) is 0 Å². The van der Waals surface area contributed by atoms with Crippen molar-refractivity contribution in [2.75, 3.05) is 18.5 Å². The van der Waals surface area contributed by atoms with Gasteiger partial charge in [0.1, 0.15) is 18.9 Å². The Labute approximate surface area is 190 Å². The van der Waals surface area contributed by atoms with E-state index in [1.165, 1.54) is 0 Å². The second-order valence-electron chi connectivity index (χ2n) is 7.47. The molecule has 0 aliphatic carbocycles. The SMILES string of the molecule is Cc1cccc(-c2nn(-c3ccccc3)cc2C(=O)Nc2cc3c(cc2Cl)OCCO3)c1. The van der Waals surface area contributed by atoms with Gasteiger partial charge in [0, 0.05) is 23.9 Å². The molecule has 1 N–H and O–H groups in total. The zero-order valence-corrected chi connectivity index (χ0v) is 18.1. The number of carbonyl (C=O) groups is 1. The summed E-state index contributed by atoms with van der Waals surface area (Å²) in [5.41, 5.74) is 4.27. The molecule has 0 saturated heterocycles. The first-order chi connectivity index (χ1) is 15.6. The first-order valence-corrected chi connectivity index (χ1v) is 10.6. The van der Waals surface area contributed by atoms with Crippen molar-refractivity contribution in [1.29, 1.82) is 0 Å². The number of hydrogen-bond acceptors (Lipinski definition) is 4. The molecule has 1 amide bonds. The van der Waals surface area contributed by atoms with Gasteiger partial charge in [-0.2, -0.15) is 5.10 Å². The van der Waals surface area contributed by atoms with Crippen LogP contribution >= 0.6 is 11.6 Å². The molecule has 1 aliphatic heterocycles. The quantitative estimate of drug-likeness (QED) is 0.449. The number of anilines is 1. The number of rotatable bonds is 4. The molecule has 0 bridgehead atoms. The predicted octanol–water partition coefficient (Wildman–Crippen LogP) is 5.52. The Balaban J connectivity index is 1.55. The number of aryl methyl sites for hydroxylation is 1. The maximum Gasteiger partial charge on any atom is 0.259 e. The van der Waals surface area contributed by atoms with Crippen molar-refractivity contribution in [2.24, 2.45) is 0 Å². The molecule has 2 heterocycles. The molecule has 4 aromatic rings. The molecule has 6 nitrogen and oxygen atoms in total. The Bertz CT molecular complexity index is 1300. The molecular weight excluding hydrogens is 426 g/mol. The zero-order chi connectivity index (χ0) is 22.1. The minimum absolute atomic E-state index is 0.317. The Kier molecular flexibility index (Phi) is 5.29. The molecule has 0 atom stereocenters. The van der Waals surface area contributed by atoms with E-state index < -0.39 is 0 Å². The van der Waals surface area contributed by atoms with Gasteiger partial charge in [0.05, 0.1) is 22.0 Å². The second kappa shape index (κ2) is 8.40. The topological polar surface area (TPSA) is 65.4 Å². The highest BCUT2D eigenvalue weighted by molar-refractivity contribution is 6.34. The summed E-state index contributed by atoms with van der Waals surface area (Å²) < 4.78 is 12.9. The van der Waals surface area contributed by atoms with E-state index in [0.29, 0.717) is 46.7 Å². The maximum absolute atomic E-state index is 13.4. The number of amides is 1. The number of hydrogen-bond donors (Lipinski definition) is 1. The lowest BCUT2D eigenvalue weighted by Gasteiger charge is -2.20. The van der Waals surface area contributed by atoms with E-state index in [1.807, 2.05) is 61.5 Å². The number of nitrogens with one attached hydrogen (secondary N) is 1. The second-order valence-corrected chi connectivity index (χ2v) is 7.88. The van der Waals surface area contributed by atoms with Crippen LogP contribution in [0, 0.1) is 6.92 Å². The third-order valence-corrected chi connectivity index (χ3v) is 5.46. The van der Waals surface area contributed by atoms with Gasteiger partial charge in [0.2, 0.25) is 0 Å². The Hall–Kier alpha value is -3.77. The summed E-state index contributed by atoms with van der Waals surface area (Å²) in [4.78, 5) is 13.4. The minimum Gasteiger partial charge on any atom is -0.486 e. The van der Waals surface area contributed by atoms with Crippen molar-refractivity contribution in [3.05, 3.63) is 89.1 Å². The molecule has 0 saturated carbocycles. The third-order valence-electron chi connectivity index (χ3n) is 5.15. The van der Waals surface area contributed by atoms with E-state index in [0.717, 1.165) is 16.8 Å². The molecule has 0 unspecified atom stereocenters. The summed E-state index contributed by atoms with van der Waals surface area (Å²) in [7, 11) is 0. The predicted molar refractivity (Wildman–Crippen MR) is 124 cm³/mol. The molecule has 160 valence electrons. The number of halogens is 1. The van der Waals surface area contributed by atoms with Crippen LogP contribution in [0.1, 0.15) is 15.9 Å². The van der Waals surface area contributed by atoms with E-state index in [4.69, 9.17) is 26.2 Å². The summed E-state index contributed by atoms with van der Waals surface area (Å²) in [5.74, 6) is 0.800. The summed E-state index contributed by atoms with van der Waals surface area (Å²) >= 11 is 6.40. The molecule has 7 heteroatoms. The van der Waals surface area contributed by atoms with Crippen LogP contribution < -0.4 is 14.8 Å². The fraction of sp³-hybridized carbons (Fsp3) is 0.120. The number of carbonyl (C=O) groups excluding carboxylic acids is 1. The average Bonchev–Trinajstić information content (AvgIpc) is 3.26. The standard InChI is InChI=1S/C25H20ClN3O3/c1-16-6-5-7-17(12-16)24-19(15-29(28-24)18-8-3-2-4-9-18)25(30)27-21-14-23-22(13-20(21)26)31-10-11-32-23/h2-9,12-15H,10-11H2,1H3,(H,27,30). The van der Waals surface area contributed by atoms with E-state index in [1.54, 1.807) is 23.0 Å². The summed E-state index contributed by atoms with van der Waals surface area (Å²) in [6, 6.07) is 20.9. The van der Waals surface area contributed by atoms with Crippen LogP contribution in [0.3, 0.4) is 0 Å². The van der Waals surface area contributed by atoms with Crippen LogP contribution in [-0.4, -0.2) is 28.9 Å².